The van der Waals surface area contributed by atoms with Crippen molar-refractivity contribution in [1.29, 1.82) is 0 Å². The van der Waals surface area contributed by atoms with Gasteiger partial charge in [0.05, 0.1) is 6.54 Å². The summed E-state index contributed by atoms with van der Waals surface area (Å²) < 4.78 is 5.44. The van der Waals surface area contributed by atoms with Crippen LogP contribution in [0.2, 0.25) is 0 Å². The van der Waals surface area contributed by atoms with E-state index in [1.54, 1.807) is 0 Å². The molecule has 1 aromatic heterocycles. The van der Waals surface area contributed by atoms with Crippen LogP contribution in [-0.2, 0) is 13.0 Å². The lowest BCUT2D eigenvalue weighted by Crippen LogP contribution is -2.31. The number of aromatic nitrogens is 2. The Morgan fingerprint density at radius 1 is 1.04 bits per heavy atom. The van der Waals surface area contributed by atoms with E-state index < -0.39 is 0 Å². The Kier molecular flexibility index (Phi) is 7.78. The molecule has 0 unspecified atom stereocenters. The molecule has 0 aliphatic carbocycles. The van der Waals surface area contributed by atoms with Crippen LogP contribution in [0.5, 0.6) is 0 Å². The molecule has 3 aromatic rings. The highest BCUT2D eigenvalue weighted by atomic mass is 35.5. The zero-order valence-corrected chi connectivity index (χ0v) is 15.8. The third-order valence-corrected chi connectivity index (χ3v) is 4.11. The van der Waals surface area contributed by atoms with Crippen molar-refractivity contribution in [2.45, 2.75) is 19.9 Å². The molecule has 0 fully saturated rings. The van der Waals surface area contributed by atoms with Gasteiger partial charge in [0.1, 0.15) is 0 Å². The minimum Gasteiger partial charge on any atom is -0.338 e. The summed E-state index contributed by atoms with van der Waals surface area (Å²) in [5.74, 6) is 1.26. The molecule has 6 heteroatoms. The average molecular weight is 373 g/mol. The van der Waals surface area contributed by atoms with Gasteiger partial charge in [-0.3, -0.25) is 4.90 Å². The van der Waals surface area contributed by atoms with Gasteiger partial charge in [-0.25, -0.2) is 0 Å². The average Bonchev–Trinajstić information content (AvgIpc) is 3.09. The molecule has 0 amide bonds. The van der Waals surface area contributed by atoms with Crippen LogP contribution in [0.1, 0.15) is 17.0 Å². The quantitative estimate of drug-likeness (QED) is 0.655. The lowest BCUT2D eigenvalue weighted by molar-refractivity contribution is 0.234. The van der Waals surface area contributed by atoms with Crippen molar-refractivity contribution in [3.05, 3.63) is 71.6 Å². The van der Waals surface area contributed by atoms with Crippen LogP contribution < -0.4 is 5.73 Å². The zero-order chi connectivity index (χ0) is 17.5. The first-order chi connectivity index (χ1) is 12.2. The first kappa shape index (κ1) is 20.1. The van der Waals surface area contributed by atoms with Gasteiger partial charge < -0.3 is 10.3 Å². The van der Waals surface area contributed by atoms with Crippen molar-refractivity contribution < 1.29 is 4.52 Å². The minimum absolute atomic E-state index is 0. The number of halogens is 1. The normalized spacial score (nSPS) is 10.7. The molecule has 26 heavy (non-hydrogen) atoms. The van der Waals surface area contributed by atoms with E-state index >= 15 is 0 Å². The predicted octanol–water partition coefficient (Wildman–Crippen LogP) is 3.47. The van der Waals surface area contributed by atoms with Gasteiger partial charge in [0.15, 0.2) is 0 Å². The van der Waals surface area contributed by atoms with E-state index in [4.69, 9.17) is 10.3 Å². The van der Waals surface area contributed by atoms with E-state index in [0.29, 0.717) is 24.8 Å². The van der Waals surface area contributed by atoms with Crippen LogP contribution in [0, 0.1) is 6.92 Å². The molecule has 0 radical (unpaired) electrons. The van der Waals surface area contributed by atoms with Gasteiger partial charge in [0.2, 0.25) is 11.7 Å². The topological polar surface area (TPSA) is 68.2 Å². The summed E-state index contributed by atoms with van der Waals surface area (Å²) in [5, 5.41) is 4.11. The fourth-order valence-electron chi connectivity index (χ4n) is 2.80. The van der Waals surface area contributed by atoms with Crippen molar-refractivity contribution in [2.24, 2.45) is 5.73 Å². The van der Waals surface area contributed by atoms with Crippen LogP contribution in [0.3, 0.4) is 0 Å². The maximum absolute atomic E-state index is 5.76. The molecule has 0 aliphatic heterocycles. The van der Waals surface area contributed by atoms with Crippen molar-refractivity contribution in [3.63, 3.8) is 0 Å². The third-order valence-electron chi connectivity index (χ3n) is 4.11. The molecule has 1 heterocycles. The molecule has 2 aromatic carbocycles. The fraction of sp³-hybridized carbons (Fsp3) is 0.300. The number of rotatable bonds is 8. The summed E-state index contributed by atoms with van der Waals surface area (Å²) in [5.41, 5.74) is 9.23. The van der Waals surface area contributed by atoms with E-state index in [1.165, 1.54) is 11.1 Å². The molecule has 0 bridgehead atoms. The maximum Gasteiger partial charge on any atom is 0.241 e. The van der Waals surface area contributed by atoms with Crippen LogP contribution in [0.15, 0.2) is 59.1 Å². The highest BCUT2D eigenvalue weighted by Crippen LogP contribution is 2.17. The molecular formula is C20H25ClN4O. The van der Waals surface area contributed by atoms with Gasteiger partial charge in [-0.05, 0) is 25.0 Å². The zero-order valence-electron chi connectivity index (χ0n) is 15.0. The number of aryl methyl sites for hydroxylation is 1. The summed E-state index contributed by atoms with van der Waals surface area (Å²) in [7, 11) is 0. The van der Waals surface area contributed by atoms with Crippen LogP contribution in [0.25, 0.3) is 11.4 Å². The Hall–Kier alpha value is -2.21. The number of hydrogen-bond donors (Lipinski definition) is 1. The SMILES string of the molecule is Cc1cccc(-c2noc(CN(CCN)CCc3ccccc3)n2)c1.Cl. The summed E-state index contributed by atoms with van der Waals surface area (Å²) in [6.45, 7) is 4.98. The highest BCUT2D eigenvalue weighted by molar-refractivity contribution is 5.85. The van der Waals surface area contributed by atoms with Gasteiger partial charge in [-0.1, -0.05) is 59.3 Å². The molecule has 2 N–H and O–H groups in total. The van der Waals surface area contributed by atoms with Gasteiger partial charge in [0, 0.05) is 25.2 Å². The fourth-order valence-corrected chi connectivity index (χ4v) is 2.80. The molecule has 3 rings (SSSR count). The molecular weight excluding hydrogens is 348 g/mol. The Morgan fingerprint density at radius 2 is 1.85 bits per heavy atom. The number of nitrogens with zero attached hydrogens (tertiary/aromatic N) is 3. The van der Waals surface area contributed by atoms with Crippen molar-refractivity contribution in [3.8, 4) is 11.4 Å². The van der Waals surface area contributed by atoms with E-state index in [2.05, 4.69) is 58.4 Å². The standard InChI is InChI=1S/C20H24N4O.ClH/c1-16-6-5-9-18(14-16)20-22-19(25-23-20)15-24(13-11-21)12-10-17-7-3-2-4-8-17;/h2-9,14H,10-13,15,21H2,1H3;1H. The number of benzene rings is 2. The summed E-state index contributed by atoms with van der Waals surface area (Å²) in [6, 6.07) is 18.6. The number of nitrogens with two attached hydrogens (primary N) is 1. The smallest absolute Gasteiger partial charge is 0.241 e. The Balaban J connectivity index is 0.00000243. The van der Waals surface area contributed by atoms with Crippen molar-refractivity contribution in [1.82, 2.24) is 15.0 Å². The second-order valence-electron chi connectivity index (χ2n) is 6.18. The van der Waals surface area contributed by atoms with Crippen molar-refractivity contribution >= 4 is 12.4 Å². The van der Waals surface area contributed by atoms with E-state index in [-0.39, 0.29) is 12.4 Å². The van der Waals surface area contributed by atoms with Gasteiger partial charge in [0.25, 0.3) is 0 Å². The minimum atomic E-state index is 0. The van der Waals surface area contributed by atoms with Gasteiger partial charge in [-0.15, -0.1) is 12.4 Å². The molecule has 0 atom stereocenters. The first-order valence-corrected chi connectivity index (χ1v) is 8.60. The predicted molar refractivity (Wildman–Crippen MR) is 106 cm³/mol. The summed E-state index contributed by atoms with van der Waals surface area (Å²) in [4.78, 5) is 6.79. The highest BCUT2D eigenvalue weighted by Gasteiger charge is 2.13. The largest absolute Gasteiger partial charge is 0.338 e. The second-order valence-corrected chi connectivity index (χ2v) is 6.18. The van der Waals surface area contributed by atoms with Crippen LogP contribution >= 0.6 is 12.4 Å². The van der Waals surface area contributed by atoms with Crippen molar-refractivity contribution in [2.75, 3.05) is 19.6 Å². The first-order valence-electron chi connectivity index (χ1n) is 8.60. The molecule has 0 spiro atoms. The molecule has 5 nitrogen and oxygen atoms in total. The summed E-state index contributed by atoms with van der Waals surface area (Å²) >= 11 is 0. The molecule has 138 valence electrons. The maximum atomic E-state index is 5.76. The van der Waals surface area contributed by atoms with E-state index in [9.17, 15) is 0 Å². The lowest BCUT2D eigenvalue weighted by Gasteiger charge is -2.19. The summed E-state index contributed by atoms with van der Waals surface area (Å²) in [6.07, 6.45) is 0.972. The second kappa shape index (κ2) is 10.1. The van der Waals surface area contributed by atoms with Crippen LogP contribution in [0.4, 0.5) is 0 Å². The molecule has 0 saturated heterocycles. The Bertz CT molecular complexity index is 791. The third kappa shape index (κ3) is 5.66. The lowest BCUT2D eigenvalue weighted by atomic mass is 10.1. The van der Waals surface area contributed by atoms with Gasteiger partial charge in [-0.2, -0.15) is 4.98 Å². The molecule has 0 saturated carbocycles. The Labute approximate surface area is 160 Å². The van der Waals surface area contributed by atoms with Crippen LogP contribution in [-0.4, -0.2) is 34.7 Å². The van der Waals surface area contributed by atoms with E-state index in [0.717, 1.165) is 25.1 Å². The molecule has 0 aliphatic rings. The van der Waals surface area contributed by atoms with Gasteiger partial charge >= 0.3 is 0 Å². The monoisotopic (exact) mass is 372 g/mol. The van der Waals surface area contributed by atoms with E-state index in [1.807, 2.05) is 18.2 Å². The number of hydrogen-bond acceptors (Lipinski definition) is 5. The Morgan fingerprint density at radius 3 is 2.58 bits per heavy atom.